The minimum atomic E-state index is -4.92. The molecule has 0 aromatic rings. The molecule has 1 rings (SSSR count). The lowest BCUT2D eigenvalue weighted by Gasteiger charge is -2.24. The Kier molecular flexibility index (Phi) is 9.21. The Balaban J connectivity index is 3.04. The Morgan fingerprint density at radius 2 is 1.87 bits per heavy atom. The molecule has 1 aliphatic rings. The van der Waals surface area contributed by atoms with Crippen LogP contribution in [0.15, 0.2) is 34.9 Å². The van der Waals surface area contributed by atoms with E-state index >= 15 is 0 Å². The fraction of sp³-hybridized carbons (Fsp3) is 0.611. The summed E-state index contributed by atoms with van der Waals surface area (Å²) in [5, 5.41) is 6.94. The van der Waals surface area contributed by atoms with Crippen LogP contribution >= 0.6 is 0 Å². The van der Waals surface area contributed by atoms with Crippen molar-refractivity contribution in [3.63, 3.8) is 0 Å². The summed E-state index contributed by atoms with van der Waals surface area (Å²) >= 11 is 0. The van der Waals surface area contributed by atoms with Crippen molar-refractivity contribution in [2.24, 2.45) is 9.98 Å². The average Bonchev–Trinajstić information content (AvgIpc) is 2.97. The molecule has 1 saturated heterocycles. The zero-order chi connectivity index (χ0) is 24.0. The van der Waals surface area contributed by atoms with Gasteiger partial charge in [-0.15, -0.1) is 0 Å². The third-order valence-electron chi connectivity index (χ3n) is 4.44. The minimum absolute atomic E-state index is 0.122. The lowest BCUT2D eigenvalue weighted by Crippen LogP contribution is -2.50. The number of carbonyl (C=O) groups is 1. The van der Waals surface area contributed by atoms with Gasteiger partial charge in [0.2, 0.25) is 11.7 Å². The van der Waals surface area contributed by atoms with E-state index in [1.165, 1.54) is 13.8 Å². The summed E-state index contributed by atoms with van der Waals surface area (Å²) in [6.07, 6.45) is -9.96. The van der Waals surface area contributed by atoms with Gasteiger partial charge in [-0.25, -0.2) is 4.39 Å². The summed E-state index contributed by atoms with van der Waals surface area (Å²) < 4.78 is 90.6. The number of amides is 1. The van der Waals surface area contributed by atoms with E-state index < -0.39 is 66.6 Å². The van der Waals surface area contributed by atoms with Crippen LogP contribution in [-0.2, 0) is 4.79 Å². The number of carbonyl (C=O) groups excluding carboxylic acids is 1. The zero-order valence-electron chi connectivity index (χ0n) is 16.8. The van der Waals surface area contributed by atoms with Crippen LogP contribution in [0.4, 0.5) is 30.7 Å². The molecule has 0 radical (unpaired) electrons. The Morgan fingerprint density at radius 3 is 2.32 bits per heavy atom. The Labute approximate surface area is 174 Å². The van der Waals surface area contributed by atoms with Gasteiger partial charge < -0.3 is 16.0 Å². The molecule has 1 heterocycles. The molecule has 0 bridgehead atoms. The number of hydrogen-bond acceptors (Lipinski definition) is 4. The quantitative estimate of drug-likeness (QED) is 0.297. The van der Waals surface area contributed by atoms with Crippen LogP contribution in [0.25, 0.3) is 0 Å². The molecule has 1 aliphatic heterocycles. The van der Waals surface area contributed by atoms with Crippen molar-refractivity contribution in [3.8, 4) is 0 Å². The first-order valence-electron chi connectivity index (χ1n) is 9.15. The molecular formula is C18H24F7N5O. The van der Waals surface area contributed by atoms with Crippen molar-refractivity contribution in [1.29, 1.82) is 0 Å². The molecule has 0 aromatic carbocycles. The predicted molar refractivity (Wildman–Crippen MR) is 103 cm³/mol. The normalized spacial score (nSPS) is 24.7. The summed E-state index contributed by atoms with van der Waals surface area (Å²) in [6, 6.07) is -3.96. The highest BCUT2D eigenvalue weighted by molar-refractivity contribution is 5.88. The summed E-state index contributed by atoms with van der Waals surface area (Å²) in [4.78, 5) is 19.3. The first-order valence-corrected chi connectivity index (χ1v) is 9.15. The first kappa shape index (κ1) is 26.6. The molecule has 176 valence electrons. The number of aliphatic imine (C=N–C) groups is 2. The topological polar surface area (TPSA) is 77.9 Å². The van der Waals surface area contributed by atoms with Crippen molar-refractivity contribution in [2.75, 3.05) is 6.54 Å². The van der Waals surface area contributed by atoms with Crippen molar-refractivity contribution in [2.45, 2.75) is 63.0 Å². The maximum atomic E-state index is 13.6. The minimum Gasteiger partial charge on any atom is -0.350 e. The lowest BCUT2D eigenvalue weighted by molar-refractivity contribution is -0.123. The smallest absolute Gasteiger partial charge is 0.350 e. The summed E-state index contributed by atoms with van der Waals surface area (Å²) in [6.45, 7) is 8.14. The zero-order valence-corrected chi connectivity index (χ0v) is 16.8. The molecule has 1 fully saturated rings. The number of rotatable bonds is 8. The second-order valence-corrected chi connectivity index (χ2v) is 6.97. The van der Waals surface area contributed by atoms with E-state index in [9.17, 15) is 35.5 Å². The van der Waals surface area contributed by atoms with Crippen molar-refractivity contribution >= 4 is 18.0 Å². The third-order valence-corrected chi connectivity index (χ3v) is 4.44. The number of halogens is 7. The van der Waals surface area contributed by atoms with E-state index in [1.807, 2.05) is 5.32 Å². The van der Waals surface area contributed by atoms with E-state index in [0.717, 1.165) is 6.20 Å². The predicted octanol–water partition coefficient (Wildman–Crippen LogP) is 2.83. The molecule has 1 amide bonds. The average molecular weight is 459 g/mol. The highest BCUT2D eigenvalue weighted by atomic mass is 19.4. The fourth-order valence-electron chi connectivity index (χ4n) is 2.63. The van der Waals surface area contributed by atoms with Crippen LogP contribution in [0.3, 0.4) is 0 Å². The molecular weight excluding hydrogens is 435 g/mol. The molecule has 5 atom stereocenters. The van der Waals surface area contributed by atoms with Crippen LogP contribution in [0.2, 0.25) is 0 Å². The Morgan fingerprint density at radius 1 is 1.26 bits per heavy atom. The van der Waals surface area contributed by atoms with Gasteiger partial charge in [-0.05, 0) is 20.0 Å². The second-order valence-electron chi connectivity index (χ2n) is 6.97. The maximum absolute atomic E-state index is 13.6. The van der Waals surface area contributed by atoms with Gasteiger partial charge in [0.25, 0.3) is 0 Å². The van der Waals surface area contributed by atoms with Crippen molar-refractivity contribution in [3.05, 3.63) is 24.9 Å². The van der Waals surface area contributed by atoms with Gasteiger partial charge in [0.1, 0.15) is 6.17 Å². The molecule has 13 heteroatoms. The maximum Gasteiger partial charge on any atom is 0.449 e. The Bertz CT molecular complexity index is 707. The van der Waals surface area contributed by atoms with Crippen LogP contribution < -0.4 is 16.0 Å². The van der Waals surface area contributed by atoms with E-state index in [-0.39, 0.29) is 6.42 Å². The SMILES string of the molecule is C=CNC(=NC(CN=CC(=C)C(F)(F)F)[C@@H](C)NC(=O)[C@@H]1C[C@@H](F)[C@H](C)N1)C(F)(F)F. The molecule has 0 aromatic heterocycles. The Hall–Kier alpha value is -2.44. The largest absolute Gasteiger partial charge is 0.449 e. The van der Waals surface area contributed by atoms with E-state index in [1.54, 1.807) is 0 Å². The molecule has 0 saturated carbocycles. The monoisotopic (exact) mass is 459 g/mol. The number of nitrogens with zero attached hydrogens (tertiary/aromatic N) is 2. The number of nitrogens with one attached hydrogen (secondary N) is 3. The highest BCUT2D eigenvalue weighted by Crippen LogP contribution is 2.22. The van der Waals surface area contributed by atoms with Gasteiger partial charge in [0, 0.05) is 18.7 Å². The van der Waals surface area contributed by atoms with Crippen LogP contribution in [-0.4, -0.2) is 67.2 Å². The van der Waals surface area contributed by atoms with Crippen LogP contribution in [0.5, 0.6) is 0 Å². The van der Waals surface area contributed by atoms with Gasteiger partial charge in [-0.2, -0.15) is 26.3 Å². The number of amidine groups is 1. The number of alkyl halides is 7. The molecule has 0 aliphatic carbocycles. The van der Waals surface area contributed by atoms with Crippen molar-refractivity contribution in [1.82, 2.24) is 16.0 Å². The second kappa shape index (κ2) is 10.7. The molecule has 1 unspecified atom stereocenters. The first-order chi connectivity index (χ1) is 14.2. The molecule has 0 spiro atoms. The van der Waals surface area contributed by atoms with Gasteiger partial charge in [0.05, 0.1) is 30.2 Å². The van der Waals surface area contributed by atoms with Gasteiger partial charge in [0.15, 0.2) is 0 Å². The van der Waals surface area contributed by atoms with Crippen molar-refractivity contribution < 1.29 is 35.5 Å². The lowest BCUT2D eigenvalue weighted by atomic mass is 10.1. The van der Waals surface area contributed by atoms with E-state index in [0.29, 0.717) is 6.21 Å². The number of allylic oxidation sites excluding steroid dienone is 1. The molecule has 6 nitrogen and oxygen atoms in total. The summed E-state index contributed by atoms with van der Waals surface area (Å²) in [7, 11) is 0. The van der Waals surface area contributed by atoms with E-state index in [2.05, 4.69) is 33.8 Å². The number of hydrogen-bond donors (Lipinski definition) is 3. The van der Waals surface area contributed by atoms with Gasteiger partial charge >= 0.3 is 12.4 Å². The molecule has 31 heavy (non-hydrogen) atoms. The van der Waals surface area contributed by atoms with Gasteiger partial charge in [-0.1, -0.05) is 13.2 Å². The van der Waals surface area contributed by atoms with Crippen LogP contribution in [0.1, 0.15) is 20.3 Å². The van der Waals surface area contributed by atoms with Gasteiger partial charge in [-0.3, -0.25) is 14.8 Å². The van der Waals surface area contributed by atoms with Crippen LogP contribution in [0, 0.1) is 0 Å². The molecule has 3 N–H and O–H groups in total. The highest BCUT2D eigenvalue weighted by Gasteiger charge is 2.38. The fourth-order valence-corrected chi connectivity index (χ4v) is 2.63. The summed E-state index contributed by atoms with van der Waals surface area (Å²) in [5.41, 5.74) is -1.30. The summed E-state index contributed by atoms with van der Waals surface area (Å²) in [5.74, 6) is -2.14. The van der Waals surface area contributed by atoms with E-state index in [4.69, 9.17) is 0 Å². The standard InChI is InChI=1S/C18H24F7N5O/c1-5-27-16(18(23,24)25)30-14(8-26-7-9(2)17(20,21)22)11(4)29-15(31)13-6-12(19)10(3)28-13/h5,7,10-14,28H,1-2,6,8H2,3-4H3,(H,27,30)(H,29,31)/t10-,11+,12+,13-,14?/m0/s1. The third kappa shape index (κ3) is 8.31.